The number of furan rings is 1. The van der Waals surface area contributed by atoms with Crippen molar-refractivity contribution in [2.24, 2.45) is 0 Å². The average Bonchev–Trinajstić information content (AvgIpc) is 2.85. The predicted octanol–water partition coefficient (Wildman–Crippen LogP) is 4.52. The van der Waals surface area contributed by atoms with Gasteiger partial charge >= 0.3 is 0 Å². The van der Waals surface area contributed by atoms with E-state index in [2.05, 4.69) is 30.6 Å². The normalized spacial score (nSPS) is 12.6. The number of benzene rings is 1. The van der Waals surface area contributed by atoms with Crippen molar-refractivity contribution in [2.75, 3.05) is 6.26 Å². The van der Waals surface area contributed by atoms with Gasteiger partial charge in [-0.1, -0.05) is 23.7 Å². The fraction of sp³-hybridized carbons (Fsp3) is 0.375. The van der Waals surface area contributed by atoms with Crippen LogP contribution in [-0.2, 0) is 18.7 Å². The molecule has 0 radical (unpaired) electrons. The van der Waals surface area contributed by atoms with Crippen LogP contribution in [0.25, 0.3) is 0 Å². The van der Waals surface area contributed by atoms with Crippen molar-refractivity contribution in [1.29, 1.82) is 0 Å². The fourth-order valence-corrected chi connectivity index (χ4v) is 2.75. The first-order chi connectivity index (χ1) is 9.67. The molecular weight excluding hydrogens is 290 g/mol. The van der Waals surface area contributed by atoms with Gasteiger partial charge in [-0.15, -0.1) is 0 Å². The fourth-order valence-electron chi connectivity index (χ4n) is 2.10. The van der Waals surface area contributed by atoms with Crippen LogP contribution in [0.4, 0.5) is 0 Å². The summed E-state index contributed by atoms with van der Waals surface area (Å²) in [5, 5.41) is 4.27. The first kappa shape index (κ1) is 15.5. The third kappa shape index (κ3) is 4.89. The molecule has 108 valence electrons. The van der Waals surface area contributed by atoms with Crippen LogP contribution in [0, 0.1) is 0 Å². The van der Waals surface area contributed by atoms with Crippen LogP contribution < -0.4 is 5.32 Å². The minimum Gasteiger partial charge on any atom is -0.464 e. The molecule has 0 aliphatic heterocycles. The number of hydrogen-bond donors (Lipinski definition) is 1. The Morgan fingerprint density at radius 1 is 1.25 bits per heavy atom. The first-order valence-corrected chi connectivity index (χ1v) is 8.49. The van der Waals surface area contributed by atoms with E-state index < -0.39 is 0 Å². The summed E-state index contributed by atoms with van der Waals surface area (Å²) >= 11 is 7.77. The smallest absolute Gasteiger partial charge is 0.118 e. The molecular formula is C16H20ClNOS. The highest BCUT2D eigenvalue weighted by atomic mass is 35.5. The van der Waals surface area contributed by atoms with Crippen molar-refractivity contribution in [3.05, 3.63) is 58.5 Å². The molecule has 1 aromatic carbocycles. The maximum atomic E-state index is 6.00. The molecule has 1 unspecified atom stereocenters. The zero-order chi connectivity index (χ0) is 14.4. The number of nitrogens with one attached hydrogen (secondary N) is 1. The second-order valence-corrected chi connectivity index (χ2v) is 6.22. The molecule has 0 saturated heterocycles. The average molecular weight is 310 g/mol. The third-order valence-electron chi connectivity index (χ3n) is 3.06. The van der Waals surface area contributed by atoms with Crippen molar-refractivity contribution in [1.82, 2.24) is 5.32 Å². The summed E-state index contributed by atoms with van der Waals surface area (Å²) in [6.45, 7) is 2.93. The lowest BCUT2D eigenvalue weighted by Gasteiger charge is -2.13. The molecule has 1 atom stereocenters. The van der Waals surface area contributed by atoms with Crippen LogP contribution in [0.1, 0.15) is 24.0 Å². The Balaban J connectivity index is 1.80. The van der Waals surface area contributed by atoms with E-state index in [-0.39, 0.29) is 0 Å². The molecule has 0 amide bonds. The quantitative estimate of drug-likeness (QED) is 0.814. The Kier molecular flexibility index (Phi) is 6.02. The van der Waals surface area contributed by atoms with Gasteiger partial charge in [0.25, 0.3) is 0 Å². The van der Waals surface area contributed by atoms with Gasteiger partial charge in [0.15, 0.2) is 0 Å². The van der Waals surface area contributed by atoms with Crippen LogP contribution in [0.3, 0.4) is 0 Å². The summed E-state index contributed by atoms with van der Waals surface area (Å²) < 4.78 is 5.74. The minimum atomic E-state index is 0.377. The molecule has 0 aliphatic carbocycles. The molecule has 2 rings (SSSR count). The zero-order valence-electron chi connectivity index (χ0n) is 11.9. The second-order valence-electron chi connectivity index (χ2n) is 4.92. The van der Waals surface area contributed by atoms with Gasteiger partial charge in [-0.2, -0.15) is 11.8 Å². The molecule has 0 aliphatic rings. The predicted molar refractivity (Wildman–Crippen MR) is 87.4 cm³/mol. The standard InChI is InChI=1S/C16H20ClNOS/c1-12(8-13-4-3-5-14(17)9-13)18-10-15-6-7-16(19-15)11-20-2/h3-7,9,12,18H,8,10-11H2,1-2H3. The number of hydrogen-bond acceptors (Lipinski definition) is 3. The highest BCUT2D eigenvalue weighted by Crippen LogP contribution is 2.14. The molecule has 1 aromatic heterocycles. The first-order valence-electron chi connectivity index (χ1n) is 6.71. The van der Waals surface area contributed by atoms with Gasteiger partial charge in [0.1, 0.15) is 11.5 Å². The van der Waals surface area contributed by atoms with E-state index in [4.69, 9.17) is 16.0 Å². The third-order valence-corrected chi connectivity index (χ3v) is 3.87. The van der Waals surface area contributed by atoms with Crippen LogP contribution >= 0.6 is 23.4 Å². The Morgan fingerprint density at radius 3 is 2.80 bits per heavy atom. The van der Waals surface area contributed by atoms with Crippen molar-refractivity contribution in [3.63, 3.8) is 0 Å². The van der Waals surface area contributed by atoms with E-state index in [0.29, 0.717) is 6.04 Å². The molecule has 0 saturated carbocycles. The summed E-state index contributed by atoms with van der Waals surface area (Å²) in [5.74, 6) is 2.96. The maximum Gasteiger partial charge on any atom is 0.118 e. The van der Waals surface area contributed by atoms with Crippen molar-refractivity contribution in [2.45, 2.75) is 31.7 Å². The molecule has 1 N–H and O–H groups in total. The Bertz CT molecular complexity index is 541. The van der Waals surface area contributed by atoms with E-state index in [1.165, 1.54) is 5.56 Å². The SMILES string of the molecule is CSCc1ccc(CNC(C)Cc2cccc(Cl)c2)o1. The highest BCUT2D eigenvalue weighted by Gasteiger charge is 2.06. The lowest BCUT2D eigenvalue weighted by Crippen LogP contribution is -2.27. The van der Waals surface area contributed by atoms with E-state index in [0.717, 1.165) is 35.3 Å². The van der Waals surface area contributed by atoms with Crippen molar-refractivity contribution < 1.29 is 4.42 Å². The summed E-state index contributed by atoms with van der Waals surface area (Å²) in [6.07, 6.45) is 3.03. The van der Waals surface area contributed by atoms with Gasteiger partial charge in [0, 0.05) is 11.1 Å². The van der Waals surface area contributed by atoms with Crippen LogP contribution in [-0.4, -0.2) is 12.3 Å². The van der Waals surface area contributed by atoms with Gasteiger partial charge in [0.2, 0.25) is 0 Å². The summed E-state index contributed by atoms with van der Waals surface area (Å²) in [7, 11) is 0. The van der Waals surface area contributed by atoms with E-state index in [9.17, 15) is 0 Å². The lowest BCUT2D eigenvalue weighted by atomic mass is 10.1. The minimum absolute atomic E-state index is 0.377. The Morgan fingerprint density at radius 2 is 2.05 bits per heavy atom. The molecule has 2 aromatic rings. The zero-order valence-corrected chi connectivity index (χ0v) is 13.4. The Labute approximate surface area is 129 Å². The molecule has 0 fully saturated rings. The summed E-state index contributed by atoms with van der Waals surface area (Å²) in [5.41, 5.74) is 1.25. The van der Waals surface area contributed by atoms with Crippen molar-refractivity contribution >= 4 is 23.4 Å². The number of thioether (sulfide) groups is 1. The topological polar surface area (TPSA) is 25.2 Å². The van der Waals surface area contributed by atoms with E-state index >= 15 is 0 Å². The molecule has 20 heavy (non-hydrogen) atoms. The van der Waals surface area contributed by atoms with E-state index in [1.807, 2.05) is 24.3 Å². The number of rotatable bonds is 7. The van der Waals surface area contributed by atoms with Gasteiger partial charge in [-0.3, -0.25) is 0 Å². The highest BCUT2D eigenvalue weighted by molar-refractivity contribution is 7.97. The van der Waals surface area contributed by atoms with Gasteiger partial charge in [-0.05, 0) is 49.4 Å². The summed E-state index contributed by atoms with van der Waals surface area (Å²) in [4.78, 5) is 0. The molecule has 1 heterocycles. The van der Waals surface area contributed by atoms with E-state index in [1.54, 1.807) is 11.8 Å². The van der Waals surface area contributed by atoms with Gasteiger partial charge < -0.3 is 9.73 Å². The molecule has 4 heteroatoms. The van der Waals surface area contributed by atoms with Crippen molar-refractivity contribution in [3.8, 4) is 0 Å². The summed E-state index contributed by atoms with van der Waals surface area (Å²) in [6, 6.07) is 12.5. The number of halogens is 1. The lowest BCUT2D eigenvalue weighted by molar-refractivity contribution is 0.437. The second kappa shape index (κ2) is 7.77. The van der Waals surface area contributed by atoms with Crippen LogP contribution in [0.2, 0.25) is 5.02 Å². The largest absolute Gasteiger partial charge is 0.464 e. The van der Waals surface area contributed by atoms with Gasteiger partial charge in [-0.25, -0.2) is 0 Å². The van der Waals surface area contributed by atoms with Gasteiger partial charge in [0.05, 0.1) is 12.3 Å². The maximum absolute atomic E-state index is 6.00. The monoisotopic (exact) mass is 309 g/mol. The molecule has 0 spiro atoms. The Hall–Kier alpha value is -0.900. The van der Waals surface area contributed by atoms with Crippen LogP contribution in [0.15, 0.2) is 40.8 Å². The molecule has 2 nitrogen and oxygen atoms in total. The van der Waals surface area contributed by atoms with Crippen LogP contribution in [0.5, 0.6) is 0 Å². The molecule has 0 bridgehead atoms.